The minimum absolute atomic E-state index is 0.172. The smallest absolute Gasteiger partial charge is 0.416 e. The molecule has 3 rings (SSSR count). The lowest BCUT2D eigenvalue weighted by atomic mass is 10.1. The van der Waals surface area contributed by atoms with E-state index >= 15 is 0 Å². The first-order valence-corrected chi connectivity index (χ1v) is 7.59. The Bertz CT molecular complexity index is 923. The molecule has 0 aliphatic rings. The first kappa shape index (κ1) is 17.6. The molecule has 0 atom stereocenters. The second-order valence-corrected chi connectivity index (χ2v) is 5.50. The van der Waals surface area contributed by atoms with Gasteiger partial charge in [-0.05, 0) is 30.2 Å². The summed E-state index contributed by atoms with van der Waals surface area (Å²) in [5.74, 6) is -1.24. The number of carboxylic acids is 1. The Hall–Kier alpha value is -3.23. The van der Waals surface area contributed by atoms with Gasteiger partial charge in [0.1, 0.15) is 5.69 Å². The van der Waals surface area contributed by atoms with Gasteiger partial charge in [0.25, 0.3) is 0 Å². The maximum Gasteiger partial charge on any atom is 0.416 e. The number of hydrogen-bond donors (Lipinski definition) is 1. The van der Waals surface area contributed by atoms with E-state index in [9.17, 15) is 23.1 Å². The number of aromatic nitrogens is 4. The summed E-state index contributed by atoms with van der Waals surface area (Å²) in [6, 6.07) is 8.30. The highest BCUT2D eigenvalue weighted by atomic mass is 19.4. The fourth-order valence-corrected chi connectivity index (χ4v) is 2.54. The van der Waals surface area contributed by atoms with E-state index in [2.05, 4.69) is 15.3 Å². The van der Waals surface area contributed by atoms with Gasteiger partial charge in [-0.3, -0.25) is 4.98 Å². The van der Waals surface area contributed by atoms with E-state index in [1.165, 1.54) is 16.9 Å². The average molecular weight is 362 g/mol. The van der Waals surface area contributed by atoms with Gasteiger partial charge in [-0.25, -0.2) is 9.48 Å². The number of halogens is 3. The van der Waals surface area contributed by atoms with E-state index < -0.39 is 17.7 Å². The zero-order valence-corrected chi connectivity index (χ0v) is 13.3. The molecule has 0 saturated carbocycles. The van der Waals surface area contributed by atoms with Crippen LogP contribution < -0.4 is 0 Å². The largest absolute Gasteiger partial charge is 0.476 e. The molecule has 0 radical (unpaired) electrons. The van der Waals surface area contributed by atoms with Crippen molar-refractivity contribution in [3.63, 3.8) is 0 Å². The summed E-state index contributed by atoms with van der Waals surface area (Å²) in [6.45, 7) is 0.172. The molecule has 134 valence electrons. The zero-order valence-electron chi connectivity index (χ0n) is 13.3. The highest BCUT2D eigenvalue weighted by Crippen LogP contribution is 2.30. The molecule has 0 amide bonds. The lowest BCUT2D eigenvalue weighted by molar-refractivity contribution is -0.137. The Morgan fingerprint density at radius 3 is 2.65 bits per heavy atom. The monoisotopic (exact) mass is 362 g/mol. The molecule has 0 spiro atoms. The van der Waals surface area contributed by atoms with Crippen LogP contribution in [0.3, 0.4) is 0 Å². The standard InChI is InChI=1S/C17H13F3N4O2/c18-17(19,20)13-5-1-3-11(9-13)6-8-24-15(12-4-2-7-21-10-12)14(16(25)26)22-23-24/h1-5,7,9-10H,6,8H2,(H,25,26). The van der Waals surface area contributed by atoms with Crippen LogP contribution in [-0.2, 0) is 19.1 Å². The van der Waals surface area contributed by atoms with Crippen molar-refractivity contribution in [1.29, 1.82) is 0 Å². The van der Waals surface area contributed by atoms with Crippen molar-refractivity contribution in [2.45, 2.75) is 19.1 Å². The van der Waals surface area contributed by atoms with E-state index in [1.807, 2.05) is 0 Å². The molecule has 9 heteroatoms. The van der Waals surface area contributed by atoms with E-state index in [-0.39, 0.29) is 24.4 Å². The summed E-state index contributed by atoms with van der Waals surface area (Å²) in [6.07, 6.45) is -1.16. The fourth-order valence-electron chi connectivity index (χ4n) is 2.54. The van der Waals surface area contributed by atoms with Gasteiger partial charge in [0.15, 0.2) is 5.69 Å². The van der Waals surface area contributed by atoms with Gasteiger partial charge < -0.3 is 5.11 Å². The van der Waals surface area contributed by atoms with Crippen LogP contribution in [-0.4, -0.2) is 31.1 Å². The molecule has 1 N–H and O–H groups in total. The van der Waals surface area contributed by atoms with Gasteiger partial charge >= 0.3 is 12.1 Å². The molecule has 1 aromatic carbocycles. The molecule has 26 heavy (non-hydrogen) atoms. The fraction of sp³-hybridized carbons (Fsp3) is 0.176. The molecular formula is C17H13F3N4O2. The van der Waals surface area contributed by atoms with Crippen LogP contribution in [0.1, 0.15) is 21.6 Å². The second-order valence-electron chi connectivity index (χ2n) is 5.50. The van der Waals surface area contributed by atoms with Crippen molar-refractivity contribution in [2.24, 2.45) is 0 Å². The predicted octanol–water partition coefficient (Wildman–Crippen LogP) is 3.30. The normalized spacial score (nSPS) is 11.5. The molecular weight excluding hydrogens is 349 g/mol. The first-order chi connectivity index (χ1) is 12.4. The summed E-state index contributed by atoms with van der Waals surface area (Å²) in [4.78, 5) is 15.3. The molecule has 2 aromatic heterocycles. The summed E-state index contributed by atoms with van der Waals surface area (Å²) >= 11 is 0. The summed E-state index contributed by atoms with van der Waals surface area (Å²) in [5.41, 5.74) is 0.273. The van der Waals surface area contributed by atoms with Crippen molar-refractivity contribution in [3.8, 4) is 11.3 Å². The first-order valence-electron chi connectivity index (χ1n) is 7.59. The molecule has 0 unspecified atom stereocenters. The number of hydrogen-bond acceptors (Lipinski definition) is 4. The zero-order chi connectivity index (χ0) is 18.7. The van der Waals surface area contributed by atoms with Gasteiger partial charge in [0.05, 0.1) is 5.56 Å². The number of carbonyl (C=O) groups is 1. The number of aryl methyl sites for hydroxylation is 2. The van der Waals surface area contributed by atoms with Crippen LogP contribution in [0.5, 0.6) is 0 Å². The quantitative estimate of drug-likeness (QED) is 0.753. The molecule has 2 heterocycles. The predicted molar refractivity (Wildman–Crippen MR) is 85.4 cm³/mol. The minimum atomic E-state index is -4.42. The second kappa shape index (κ2) is 6.95. The van der Waals surface area contributed by atoms with Gasteiger partial charge in [-0.2, -0.15) is 13.2 Å². The third kappa shape index (κ3) is 3.71. The van der Waals surface area contributed by atoms with Crippen LogP contribution in [0.2, 0.25) is 0 Å². The van der Waals surface area contributed by atoms with Crippen molar-refractivity contribution >= 4 is 5.97 Å². The third-order valence-electron chi connectivity index (χ3n) is 3.74. The molecule has 3 aromatic rings. The van der Waals surface area contributed by atoms with Gasteiger partial charge in [0, 0.05) is 24.5 Å². The Labute approximate surface area is 145 Å². The van der Waals surface area contributed by atoms with E-state index in [0.29, 0.717) is 11.1 Å². The number of alkyl halides is 3. The SMILES string of the molecule is O=C(O)c1nnn(CCc2cccc(C(F)(F)F)c2)c1-c1cccnc1. The van der Waals surface area contributed by atoms with Crippen LogP contribution in [0.15, 0.2) is 48.8 Å². The highest BCUT2D eigenvalue weighted by Gasteiger charge is 2.30. The summed E-state index contributed by atoms with van der Waals surface area (Å²) < 4.78 is 39.8. The van der Waals surface area contributed by atoms with Crippen molar-refractivity contribution in [2.75, 3.05) is 0 Å². The molecule has 0 fully saturated rings. The number of carboxylic acid groups (broad SMARTS) is 1. The number of benzene rings is 1. The Morgan fingerprint density at radius 1 is 1.19 bits per heavy atom. The van der Waals surface area contributed by atoms with Gasteiger partial charge in [-0.15, -0.1) is 5.10 Å². The van der Waals surface area contributed by atoms with E-state index in [1.54, 1.807) is 24.4 Å². The molecule has 0 aliphatic heterocycles. The average Bonchev–Trinajstić information content (AvgIpc) is 3.04. The Balaban J connectivity index is 1.89. The maximum atomic E-state index is 12.8. The number of nitrogens with zero attached hydrogens (tertiary/aromatic N) is 4. The van der Waals surface area contributed by atoms with E-state index in [0.717, 1.165) is 12.1 Å². The molecule has 6 nitrogen and oxygen atoms in total. The lowest BCUT2D eigenvalue weighted by Crippen LogP contribution is -2.09. The minimum Gasteiger partial charge on any atom is -0.476 e. The summed E-state index contributed by atoms with van der Waals surface area (Å²) in [5, 5.41) is 16.8. The maximum absolute atomic E-state index is 12.8. The molecule has 0 aliphatic carbocycles. The topological polar surface area (TPSA) is 80.9 Å². The Kier molecular flexibility index (Phi) is 4.70. The number of rotatable bonds is 5. The van der Waals surface area contributed by atoms with Crippen molar-refractivity contribution in [1.82, 2.24) is 20.0 Å². The van der Waals surface area contributed by atoms with Crippen molar-refractivity contribution in [3.05, 3.63) is 65.6 Å². The lowest BCUT2D eigenvalue weighted by Gasteiger charge is -2.10. The van der Waals surface area contributed by atoms with Crippen LogP contribution in [0, 0.1) is 0 Å². The van der Waals surface area contributed by atoms with Crippen molar-refractivity contribution < 1.29 is 23.1 Å². The van der Waals surface area contributed by atoms with Gasteiger partial charge in [-0.1, -0.05) is 23.4 Å². The molecule has 0 bridgehead atoms. The summed E-state index contributed by atoms with van der Waals surface area (Å²) in [7, 11) is 0. The third-order valence-corrected chi connectivity index (χ3v) is 3.74. The van der Waals surface area contributed by atoms with Gasteiger partial charge in [0.2, 0.25) is 0 Å². The van der Waals surface area contributed by atoms with Crippen LogP contribution in [0.4, 0.5) is 13.2 Å². The number of aromatic carboxylic acids is 1. The van der Waals surface area contributed by atoms with Crippen LogP contribution in [0.25, 0.3) is 11.3 Å². The highest BCUT2D eigenvalue weighted by molar-refractivity contribution is 5.92. The van der Waals surface area contributed by atoms with Crippen LogP contribution >= 0.6 is 0 Å². The molecule has 0 saturated heterocycles. The Morgan fingerprint density at radius 2 is 2.00 bits per heavy atom. The number of pyridine rings is 1. The van der Waals surface area contributed by atoms with E-state index in [4.69, 9.17) is 0 Å².